The Morgan fingerprint density at radius 3 is 2.50 bits per heavy atom. The van der Waals surface area contributed by atoms with Gasteiger partial charge in [-0.3, -0.25) is 4.79 Å². The summed E-state index contributed by atoms with van der Waals surface area (Å²) < 4.78 is 25.1. The second kappa shape index (κ2) is 15.4. The first-order valence-electron chi connectivity index (χ1n) is 12.5. The molecule has 1 aromatic heterocycles. The van der Waals surface area contributed by atoms with Crippen molar-refractivity contribution in [2.24, 2.45) is 0 Å². The third-order valence-corrected chi connectivity index (χ3v) is 5.76. The fourth-order valence-corrected chi connectivity index (χ4v) is 3.74. The molecule has 1 fully saturated rings. The molecule has 4 rings (SSSR count). The van der Waals surface area contributed by atoms with Crippen molar-refractivity contribution in [3.8, 4) is 5.75 Å². The van der Waals surface area contributed by atoms with Crippen LogP contribution in [0.4, 0.5) is 21.6 Å². The number of aromatic nitrogens is 2. The topological polar surface area (TPSA) is 163 Å². The monoisotopic (exact) mass is 601 g/mol. The van der Waals surface area contributed by atoms with Crippen LogP contribution in [0.15, 0.2) is 61.0 Å². The Hall–Kier alpha value is -4.59. The second-order valence-corrected chi connectivity index (χ2v) is 9.52. The fraction of sp³-hybridized carbons (Fsp3) is 0.250. The van der Waals surface area contributed by atoms with Gasteiger partial charge in [0, 0.05) is 48.3 Å². The van der Waals surface area contributed by atoms with Gasteiger partial charge in [-0.05, 0) is 38.4 Å². The van der Waals surface area contributed by atoms with Crippen molar-refractivity contribution in [2.45, 2.75) is 12.5 Å². The number of rotatable bonds is 10. The highest BCUT2D eigenvalue weighted by molar-refractivity contribution is 6.31. The van der Waals surface area contributed by atoms with Gasteiger partial charge >= 0.3 is 11.9 Å². The number of halogens is 2. The number of hydrogen-bond acceptors (Lipinski definition) is 9. The third kappa shape index (κ3) is 10.1. The molecule has 0 aliphatic carbocycles. The third-order valence-electron chi connectivity index (χ3n) is 5.47. The number of nitrogens with one attached hydrogen (secondary N) is 2. The quantitative estimate of drug-likeness (QED) is 0.247. The van der Waals surface area contributed by atoms with Gasteiger partial charge in [0.1, 0.15) is 29.8 Å². The predicted octanol–water partition coefficient (Wildman–Crippen LogP) is 4.10. The number of carboxylic acids is 2. The minimum Gasteiger partial charge on any atom is -0.486 e. The zero-order valence-electron chi connectivity index (χ0n) is 22.7. The van der Waals surface area contributed by atoms with E-state index < -0.39 is 17.8 Å². The normalized spacial score (nSPS) is 14.6. The molecule has 1 amide bonds. The number of aliphatic carboxylic acids is 2. The molecular formula is C28H29ClFN5O7. The highest BCUT2D eigenvalue weighted by Gasteiger charge is 2.21. The number of carbonyl (C=O) groups is 3. The van der Waals surface area contributed by atoms with Crippen LogP contribution >= 0.6 is 11.6 Å². The van der Waals surface area contributed by atoms with Crippen molar-refractivity contribution in [3.63, 3.8) is 0 Å². The second-order valence-electron chi connectivity index (χ2n) is 9.11. The van der Waals surface area contributed by atoms with Crippen molar-refractivity contribution in [1.82, 2.24) is 14.9 Å². The maximum absolute atomic E-state index is 13.6. The molecule has 14 heteroatoms. The van der Waals surface area contributed by atoms with E-state index in [0.29, 0.717) is 65.8 Å². The molecule has 1 aliphatic heterocycles. The van der Waals surface area contributed by atoms with Gasteiger partial charge in [0.05, 0.1) is 29.4 Å². The van der Waals surface area contributed by atoms with E-state index >= 15 is 0 Å². The standard InChI is InChI=1S/C24H25ClFN5O3.C4H4O4/c1-31(2)8-3-4-23(32)30-21-11-17-20(12-22(21)34-16-7-9-33-13-16)27-14-28-24(17)29-15-5-6-19(26)18(25)10-15;5-3(6)1-2-4(7)8/h3-6,10-12,14,16H,7-9,13H2,1-2H3,(H,30,32)(H,27,28,29);1-2H,(H,5,6)(H,7,8)/b4-3+;2-1+/t16-;/m0./s1. The van der Waals surface area contributed by atoms with Crippen LogP contribution in [-0.2, 0) is 19.1 Å². The Morgan fingerprint density at radius 2 is 1.88 bits per heavy atom. The van der Waals surface area contributed by atoms with Crippen molar-refractivity contribution in [3.05, 3.63) is 71.8 Å². The minimum atomic E-state index is -1.26. The SMILES string of the molecule is CN(C)C/C=C/C(=O)Nc1cc2c(Nc3ccc(F)c(Cl)c3)ncnc2cc1O[C@H]1CCOC1.O=C(O)/C=C/C(=O)O. The molecule has 0 radical (unpaired) electrons. The van der Waals surface area contributed by atoms with Crippen LogP contribution in [0.25, 0.3) is 10.9 Å². The lowest BCUT2D eigenvalue weighted by atomic mass is 10.1. The van der Waals surface area contributed by atoms with Crippen LogP contribution in [-0.4, -0.2) is 82.9 Å². The zero-order valence-corrected chi connectivity index (χ0v) is 23.5. The highest BCUT2D eigenvalue weighted by Crippen LogP contribution is 2.35. The van der Waals surface area contributed by atoms with Crippen LogP contribution in [0.5, 0.6) is 5.75 Å². The molecule has 12 nitrogen and oxygen atoms in total. The summed E-state index contributed by atoms with van der Waals surface area (Å²) in [4.78, 5) is 42.3. The Morgan fingerprint density at radius 1 is 1.14 bits per heavy atom. The van der Waals surface area contributed by atoms with Crippen molar-refractivity contribution in [2.75, 3.05) is 44.5 Å². The molecule has 0 unspecified atom stereocenters. The van der Waals surface area contributed by atoms with Gasteiger partial charge in [-0.25, -0.2) is 23.9 Å². The molecule has 3 aromatic rings. The Balaban J connectivity index is 0.000000531. The van der Waals surface area contributed by atoms with Gasteiger partial charge in [-0.2, -0.15) is 0 Å². The van der Waals surface area contributed by atoms with Gasteiger partial charge in [0.15, 0.2) is 0 Å². The fourth-order valence-electron chi connectivity index (χ4n) is 3.56. The van der Waals surface area contributed by atoms with Crippen molar-refractivity contribution >= 4 is 57.5 Å². The van der Waals surface area contributed by atoms with E-state index in [1.165, 1.54) is 24.5 Å². The number of amides is 1. The first-order chi connectivity index (χ1) is 20.0. The summed E-state index contributed by atoms with van der Waals surface area (Å²) in [5.41, 5.74) is 1.65. The number of nitrogens with zero attached hydrogens (tertiary/aromatic N) is 3. The smallest absolute Gasteiger partial charge is 0.328 e. The van der Waals surface area contributed by atoms with Crippen molar-refractivity contribution < 1.29 is 38.5 Å². The number of carboxylic acid groups (broad SMARTS) is 2. The molecule has 0 saturated carbocycles. The molecule has 222 valence electrons. The van der Waals surface area contributed by atoms with Crippen LogP contribution in [0.2, 0.25) is 5.02 Å². The maximum atomic E-state index is 13.6. The van der Waals surface area contributed by atoms with Crippen LogP contribution in [0.3, 0.4) is 0 Å². The number of benzene rings is 2. The van der Waals surface area contributed by atoms with Crippen LogP contribution in [0.1, 0.15) is 6.42 Å². The van der Waals surface area contributed by atoms with E-state index in [1.54, 1.807) is 24.3 Å². The number of fused-ring (bicyclic) bond motifs is 1. The number of anilines is 3. The van der Waals surface area contributed by atoms with Gasteiger partial charge in [0.2, 0.25) is 5.91 Å². The summed E-state index contributed by atoms with van der Waals surface area (Å²) in [6.45, 7) is 1.75. The van der Waals surface area contributed by atoms with Crippen LogP contribution in [0, 0.1) is 5.82 Å². The molecular weight excluding hydrogens is 573 g/mol. The minimum absolute atomic E-state index is 0.00436. The van der Waals surface area contributed by atoms with Gasteiger partial charge < -0.3 is 35.2 Å². The lowest BCUT2D eigenvalue weighted by Gasteiger charge is -2.17. The predicted molar refractivity (Wildman–Crippen MR) is 155 cm³/mol. The number of ether oxygens (including phenoxy) is 2. The van der Waals surface area contributed by atoms with E-state index in [2.05, 4.69) is 20.6 Å². The molecule has 1 saturated heterocycles. The average Bonchev–Trinajstić information content (AvgIpc) is 3.43. The highest BCUT2D eigenvalue weighted by atomic mass is 35.5. The van der Waals surface area contributed by atoms with Gasteiger partial charge in [-0.1, -0.05) is 17.7 Å². The molecule has 4 N–H and O–H groups in total. The Kier molecular flexibility index (Phi) is 11.7. The van der Waals surface area contributed by atoms with E-state index in [-0.39, 0.29) is 17.0 Å². The number of likely N-dealkylation sites (N-methyl/N-ethyl adjacent to an activating group) is 1. The molecule has 42 heavy (non-hydrogen) atoms. The Bertz CT molecular complexity index is 1480. The average molecular weight is 602 g/mol. The van der Waals surface area contributed by atoms with E-state index in [1.807, 2.05) is 19.0 Å². The summed E-state index contributed by atoms with van der Waals surface area (Å²) in [5.74, 6) is -2.34. The van der Waals surface area contributed by atoms with Crippen molar-refractivity contribution in [1.29, 1.82) is 0 Å². The summed E-state index contributed by atoms with van der Waals surface area (Å²) in [5, 5.41) is 22.3. The molecule has 1 aliphatic rings. The number of carbonyl (C=O) groups excluding carboxylic acids is 1. The Labute approximate surface area is 245 Å². The largest absolute Gasteiger partial charge is 0.486 e. The summed E-state index contributed by atoms with van der Waals surface area (Å²) >= 11 is 5.91. The van der Waals surface area contributed by atoms with E-state index in [0.717, 1.165) is 6.42 Å². The van der Waals surface area contributed by atoms with E-state index in [9.17, 15) is 18.8 Å². The lowest BCUT2D eigenvalue weighted by molar-refractivity contribution is -0.134. The summed E-state index contributed by atoms with van der Waals surface area (Å²) in [7, 11) is 3.84. The van der Waals surface area contributed by atoms with Gasteiger partial charge in [-0.15, -0.1) is 0 Å². The number of hydrogen-bond donors (Lipinski definition) is 4. The summed E-state index contributed by atoms with van der Waals surface area (Å²) in [6, 6.07) is 7.82. The first-order valence-corrected chi connectivity index (χ1v) is 12.9. The van der Waals surface area contributed by atoms with E-state index in [4.69, 9.17) is 31.3 Å². The molecule has 0 spiro atoms. The lowest BCUT2D eigenvalue weighted by Crippen LogP contribution is -2.18. The molecule has 0 bridgehead atoms. The zero-order chi connectivity index (χ0) is 30.6. The van der Waals surface area contributed by atoms with Gasteiger partial charge in [0.25, 0.3) is 0 Å². The van der Waals surface area contributed by atoms with Crippen LogP contribution < -0.4 is 15.4 Å². The summed E-state index contributed by atoms with van der Waals surface area (Å²) in [6.07, 6.45) is 6.43. The molecule has 2 aromatic carbocycles. The molecule has 2 heterocycles. The molecule has 1 atom stereocenters. The first kappa shape index (κ1) is 31.9. The maximum Gasteiger partial charge on any atom is 0.328 e.